The molecular formula is C21H22N2O6. The van der Waals surface area contributed by atoms with Crippen LogP contribution in [0.3, 0.4) is 0 Å². The van der Waals surface area contributed by atoms with Gasteiger partial charge in [0.25, 0.3) is 5.69 Å². The zero-order valence-electron chi connectivity index (χ0n) is 16.5. The van der Waals surface area contributed by atoms with Crippen LogP contribution in [-0.2, 0) is 9.53 Å². The Morgan fingerprint density at radius 2 is 1.90 bits per heavy atom. The van der Waals surface area contributed by atoms with Crippen molar-refractivity contribution >= 4 is 23.3 Å². The maximum atomic E-state index is 12.2. The molecule has 0 aliphatic carbocycles. The highest BCUT2D eigenvalue weighted by atomic mass is 16.6. The monoisotopic (exact) mass is 398 g/mol. The largest absolute Gasteiger partial charge is 0.486 e. The van der Waals surface area contributed by atoms with E-state index in [1.807, 2.05) is 6.92 Å². The lowest BCUT2D eigenvalue weighted by molar-refractivity contribution is -0.384. The van der Waals surface area contributed by atoms with Gasteiger partial charge in [0.1, 0.15) is 11.9 Å². The van der Waals surface area contributed by atoms with Crippen molar-refractivity contribution in [2.45, 2.75) is 39.3 Å². The van der Waals surface area contributed by atoms with Crippen LogP contribution in [0, 0.1) is 10.1 Å². The van der Waals surface area contributed by atoms with E-state index in [0.29, 0.717) is 29.0 Å². The van der Waals surface area contributed by atoms with Gasteiger partial charge in [-0.05, 0) is 44.2 Å². The fourth-order valence-electron chi connectivity index (χ4n) is 3.56. The van der Waals surface area contributed by atoms with Crippen LogP contribution in [0.15, 0.2) is 42.5 Å². The highest BCUT2D eigenvalue weighted by molar-refractivity contribution is 5.95. The fourth-order valence-corrected chi connectivity index (χ4v) is 3.56. The molecule has 1 amide bonds. The third-order valence-electron chi connectivity index (χ3n) is 4.81. The molecule has 0 spiro atoms. The molecule has 8 heteroatoms. The Kier molecular flexibility index (Phi) is 5.81. The average Bonchev–Trinajstić information content (AvgIpc) is 2.68. The molecule has 1 aliphatic heterocycles. The first-order valence-electron chi connectivity index (χ1n) is 9.33. The third kappa shape index (κ3) is 4.21. The maximum absolute atomic E-state index is 12.2. The van der Waals surface area contributed by atoms with Gasteiger partial charge >= 0.3 is 5.97 Å². The number of non-ortho nitro benzene ring substituents is 1. The Morgan fingerprint density at radius 3 is 2.48 bits per heavy atom. The van der Waals surface area contributed by atoms with Crippen molar-refractivity contribution in [3.63, 3.8) is 0 Å². The van der Waals surface area contributed by atoms with Crippen LogP contribution in [0.1, 0.15) is 49.2 Å². The number of carbonyl (C=O) groups excluding carboxylic acids is 2. The van der Waals surface area contributed by atoms with E-state index in [0.717, 1.165) is 0 Å². The zero-order chi connectivity index (χ0) is 21.1. The van der Waals surface area contributed by atoms with Crippen LogP contribution >= 0.6 is 0 Å². The summed E-state index contributed by atoms with van der Waals surface area (Å²) in [7, 11) is 0. The van der Waals surface area contributed by atoms with Gasteiger partial charge in [-0.1, -0.05) is 0 Å². The van der Waals surface area contributed by atoms with Crippen molar-refractivity contribution in [2.24, 2.45) is 0 Å². The minimum absolute atomic E-state index is 0.0258. The van der Waals surface area contributed by atoms with Crippen molar-refractivity contribution in [1.82, 2.24) is 0 Å². The van der Waals surface area contributed by atoms with E-state index in [1.165, 1.54) is 31.2 Å². The predicted molar refractivity (Wildman–Crippen MR) is 106 cm³/mol. The van der Waals surface area contributed by atoms with E-state index < -0.39 is 17.0 Å². The lowest BCUT2D eigenvalue weighted by atomic mass is 9.92. The van der Waals surface area contributed by atoms with Crippen molar-refractivity contribution in [2.75, 3.05) is 11.5 Å². The molecule has 0 unspecified atom stereocenters. The molecule has 152 valence electrons. The predicted octanol–water partition coefficient (Wildman–Crippen LogP) is 4.04. The van der Waals surface area contributed by atoms with Gasteiger partial charge in [0.05, 0.1) is 22.8 Å². The molecule has 2 aromatic rings. The van der Waals surface area contributed by atoms with Crippen LogP contribution in [0.4, 0.5) is 11.4 Å². The Bertz CT molecular complexity index is 941. The van der Waals surface area contributed by atoms with Gasteiger partial charge in [-0.3, -0.25) is 14.9 Å². The smallest absolute Gasteiger partial charge is 0.338 e. The summed E-state index contributed by atoms with van der Waals surface area (Å²) in [6, 6.07) is 10.8. The number of rotatable bonds is 5. The average molecular weight is 398 g/mol. The Balaban J connectivity index is 1.98. The molecule has 2 atom stereocenters. The van der Waals surface area contributed by atoms with E-state index in [1.54, 1.807) is 30.0 Å². The van der Waals surface area contributed by atoms with E-state index in [-0.39, 0.29) is 24.2 Å². The summed E-state index contributed by atoms with van der Waals surface area (Å²) in [6.07, 6.45) is 0.0852. The summed E-state index contributed by atoms with van der Waals surface area (Å²) in [5, 5.41) is 10.8. The number of esters is 1. The first kappa shape index (κ1) is 20.3. The normalized spacial score (nSPS) is 18.0. The molecule has 0 aromatic heterocycles. The number of anilines is 1. The number of amides is 1. The second-order valence-corrected chi connectivity index (χ2v) is 6.83. The van der Waals surface area contributed by atoms with Gasteiger partial charge in [-0.15, -0.1) is 0 Å². The van der Waals surface area contributed by atoms with Crippen molar-refractivity contribution in [3.05, 3.63) is 63.7 Å². The summed E-state index contributed by atoms with van der Waals surface area (Å²) >= 11 is 0. The number of ether oxygens (including phenoxy) is 2. The summed E-state index contributed by atoms with van der Waals surface area (Å²) in [4.78, 5) is 36.4. The second kappa shape index (κ2) is 8.30. The van der Waals surface area contributed by atoms with Gasteiger partial charge in [0.2, 0.25) is 5.91 Å². The molecule has 29 heavy (non-hydrogen) atoms. The van der Waals surface area contributed by atoms with Crippen molar-refractivity contribution in [1.29, 1.82) is 0 Å². The topological polar surface area (TPSA) is 99.0 Å². The summed E-state index contributed by atoms with van der Waals surface area (Å²) < 4.78 is 11.2. The first-order valence-corrected chi connectivity index (χ1v) is 9.33. The Morgan fingerprint density at radius 1 is 1.21 bits per heavy atom. The van der Waals surface area contributed by atoms with Gasteiger partial charge < -0.3 is 14.4 Å². The van der Waals surface area contributed by atoms with Crippen LogP contribution in [0.5, 0.6) is 5.75 Å². The molecule has 8 nitrogen and oxygen atoms in total. The van der Waals surface area contributed by atoms with E-state index in [4.69, 9.17) is 9.47 Å². The van der Waals surface area contributed by atoms with Gasteiger partial charge in [0.15, 0.2) is 0 Å². The molecule has 0 radical (unpaired) electrons. The minimum Gasteiger partial charge on any atom is -0.486 e. The molecule has 0 saturated heterocycles. The highest BCUT2D eigenvalue weighted by Crippen LogP contribution is 2.40. The quantitative estimate of drug-likeness (QED) is 0.428. The Hall–Kier alpha value is -3.42. The van der Waals surface area contributed by atoms with E-state index in [2.05, 4.69) is 0 Å². The molecule has 0 saturated carbocycles. The lowest BCUT2D eigenvalue weighted by Gasteiger charge is -2.39. The minimum atomic E-state index is -0.474. The summed E-state index contributed by atoms with van der Waals surface area (Å²) in [5.41, 5.74) is 1.72. The zero-order valence-corrected chi connectivity index (χ0v) is 16.5. The second-order valence-electron chi connectivity index (χ2n) is 6.83. The fraction of sp³-hybridized carbons (Fsp3) is 0.333. The van der Waals surface area contributed by atoms with Crippen LogP contribution in [-0.4, -0.2) is 29.4 Å². The number of hydrogen-bond donors (Lipinski definition) is 0. The van der Waals surface area contributed by atoms with Crippen LogP contribution in [0.2, 0.25) is 0 Å². The highest BCUT2D eigenvalue weighted by Gasteiger charge is 2.34. The number of nitrogens with zero attached hydrogens (tertiary/aromatic N) is 2. The van der Waals surface area contributed by atoms with Crippen molar-refractivity contribution < 1.29 is 24.0 Å². The van der Waals surface area contributed by atoms with Gasteiger partial charge in [0, 0.05) is 37.1 Å². The standard InChI is InChI=1S/C21H22N2O6/c1-4-28-21(25)15-5-10-19-18(12-15)20(11-13(2)22(19)14(3)24)29-17-8-6-16(7-9-17)23(26)27/h5-10,12-13,20H,4,11H2,1-3H3/t13-,20+/m0/s1. The molecule has 1 heterocycles. The SMILES string of the molecule is CCOC(=O)c1ccc2c(c1)[C@H](Oc1ccc([N+](=O)[O-])cc1)C[C@H](C)N2C(C)=O. The van der Waals surface area contributed by atoms with E-state index >= 15 is 0 Å². The van der Waals surface area contributed by atoms with E-state index in [9.17, 15) is 19.7 Å². The van der Waals surface area contributed by atoms with Crippen LogP contribution < -0.4 is 9.64 Å². The number of nitro groups is 1. The molecule has 3 rings (SSSR count). The molecule has 0 bridgehead atoms. The molecule has 0 N–H and O–H groups in total. The van der Waals surface area contributed by atoms with Gasteiger partial charge in [-0.25, -0.2) is 4.79 Å². The van der Waals surface area contributed by atoms with Crippen LogP contribution in [0.25, 0.3) is 0 Å². The molecule has 1 aliphatic rings. The molecular weight excluding hydrogens is 376 g/mol. The molecule has 0 fully saturated rings. The molecule has 2 aromatic carbocycles. The summed E-state index contributed by atoms with van der Waals surface area (Å²) in [6.45, 7) is 5.41. The number of carbonyl (C=O) groups is 2. The first-order chi connectivity index (χ1) is 13.8. The maximum Gasteiger partial charge on any atom is 0.338 e. The Labute approximate surface area is 168 Å². The number of fused-ring (bicyclic) bond motifs is 1. The third-order valence-corrected chi connectivity index (χ3v) is 4.81. The summed E-state index contributed by atoms with van der Waals surface area (Å²) in [5.74, 6) is -0.0784. The van der Waals surface area contributed by atoms with Crippen molar-refractivity contribution in [3.8, 4) is 5.75 Å². The lowest BCUT2D eigenvalue weighted by Crippen LogP contribution is -2.43. The number of nitro benzene ring substituents is 1. The number of benzene rings is 2. The van der Waals surface area contributed by atoms with Gasteiger partial charge in [-0.2, -0.15) is 0 Å². The number of hydrogen-bond acceptors (Lipinski definition) is 6.